The van der Waals surface area contributed by atoms with Crippen molar-refractivity contribution in [1.82, 2.24) is 5.32 Å². The van der Waals surface area contributed by atoms with E-state index >= 15 is 0 Å². The quantitative estimate of drug-likeness (QED) is 0.319. The highest BCUT2D eigenvalue weighted by molar-refractivity contribution is 5.54. The second-order valence-electron chi connectivity index (χ2n) is 1.53. The van der Waals surface area contributed by atoms with E-state index in [4.69, 9.17) is 0 Å². The van der Waals surface area contributed by atoms with Gasteiger partial charge in [-0.2, -0.15) is 0 Å². The molecule has 0 radical (unpaired) electrons. The summed E-state index contributed by atoms with van der Waals surface area (Å²) in [6.45, 7) is 2.14. The lowest BCUT2D eigenvalue weighted by molar-refractivity contribution is -0.455. The maximum Gasteiger partial charge on any atom is 0.165 e. The van der Waals surface area contributed by atoms with Crippen molar-refractivity contribution < 1.29 is 4.74 Å². The molecule has 0 aromatic rings. The lowest BCUT2D eigenvalue weighted by atomic mass is 10.5. The van der Waals surface area contributed by atoms with E-state index in [1.54, 1.807) is 6.21 Å². The van der Waals surface area contributed by atoms with Crippen LogP contribution in [0, 0.1) is 5.21 Å². The van der Waals surface area contributed by atoms with E-state index < -0.39 is 0 Å². The lowest BCUT2D eigenvalue weighted by Crippen LogP contribution is -2.32. The number of hydroxylamine groups is 1. The molecule has 1 aliphatic heterocycles. The summed E-state index contributed by atoms with van der Waals surface area (Å²) in [7, 11) is 0. The topological polar surface area (TPSA) is 38.1 Å². The molecule has 0 saturated carbocycles. The summed E-state index contributed by atoms with van der Waals surface area (Å²) in [5, 5.41) is 13.3. The van der Waals surface area contributed by atoms with E-state index in [2.05, 4.69) is 5.32 Å². The van der Waals surface area contributed by atoms with Gasteiger partial charge < -0.3 is 10.5 Å². The Kier molecular flexibility index (Phi) is 1.26. The fraction of sp³-hybridized carbons (Fsp3) is 0.750. The van der Waals surface area contributed by atoms with E-state index in [9.17, 15) is 5.21 Å². The Bertz CT molecular complexity index is 89.7. The predicted molar refractivity (Wildman–Crippen MR) is 27.4 cm³/mol. The van der Waals surface area contributed by atoms with Crippen LogP contribution >= 0.6 is 0 Å². The van der Waals surface area contributed by atoms with Crippen LogP contribution in [0.1, 0.15) is 0 Å². The third kappa shape index (κ3) is 1.16. The van der Waals surface area contributed by atoms with Gasteiger partial charge in [-0.3, -0.25) is 0 Å². The average molecular weight is 100 g/mol. The van der Waals surface area contributed by atoms with Crippen molar-refractivity contribution in [3.8, 4) is 0 Å². The molecule has 0 atom stereocenters. The first-order valence-corrected chi connectivity index (χ1v) is 2.37. The second-order valence-corrected chi connectivity index (χ2v) is 1.53. The first-order valence-electron chi connectivity index (χ1n) is 2.37. The van der Waals surface area contributed by atoms with Crippen molar-refractivity contribution in [3.05, 3.63) is 5.21 Å². The fourth-order valence-corrected chi connectivity index (χ4v) is 0.549. The van der Waals surface area contributed by atoms with E-state index in [-0.39, 0.29) is 0 Å². The van der Waals surface area contributed by atoms with Crippen LogP contribution in [0.15, 0.2) is 0 Å². The van der Waals surface area contributed by atoms with Gasteiger partial charge in [0.15, 0.2) is 12.8 Å². The van der Waals surface area contributed by atoms with Crippen LogP contribution in [-0.4, -0.2) is 30.6 Å². The maximum atomic E-state index is 10.3. The van der Waals surface area contributed by atoms with Gasteiger partial charge in [0.05, 0.1) is 13.1 Å². The van der Waals surface area contributed by atoms with Crippen molar-refractivity contribution in [1.29, 1.82) is 0 Å². The van der Waals surface area contributed by atoms with Gasteiger partial charge in [0, 0.05) is 0 Å². The summed E-state index contributed by atoms with van der Waals surface area (Å²) < 4.78 is 0.955. The summed E-state index contributed by atoms with van der Waals surface area (Å²) in [5.41, 5.74) is 0. The van der Waals surface area contributed by atoms with Crippen LogP contribution in [0.4, 0.5) is 0 Å². The van der Waals surface area contributed by atoms with Gasteiger partial charge in [0.1, 0.15) is 0 Å². The van der Waals surface area contributed by atoms with E-state index in [1.165, 1.54) is 0 Å². The zero-order valence-corrected chi connectivity index (χ0v) is 4.05. The van der Waals surface area contributed by atoms with Gasteiger partial charge in [-0.1, -0.05) is 0 Å². The molecule has 0 unspecified atom stereocenters. The maximum absolute atomic E-state index is 10.3. The molecule has 0 aliphatic carbocycles. The van der Waals surface area contributed by atoms with Gasteiger partial charge in [0.2, 0.25) is 0 Å². The van der Waals surface area contributed by atoms with Crippen LogP contribution in [-0.2, 0) is 0 Å². The number of nitrogens with one attached hydrogen (secondary N) is 1. The molecule has 7 heavy (non-hydrogen) atoms. The summed E-state index contributed by atoms with van der Waals surface area (Å²) in [5.74, 6) is 0. The first-order chi connectivity index (χ1) is 3.39. The zero-order valence-electron chi connectivity index (χ0n) is 4.05. The number of nitrogens with zero attached hydrogens (tertiary/aromatic N) is 1. The molecule has 1 N–H and O–H groups in total. The molecular formula is C4H8N2O. The van der Waals surface area contributed by atoms with Crippen LogP contribution in [0.3, 0.4) is 0 Å². The molecule has 1 rings (SSSR count). The molecule has 0 aromatic carbocycles. The van der Waals surface area contributed by atoms with Crippen LogP contribution in [0.5, 0.6) is 0 Å². The van der Waals surface area contributed by atoms with E-state index in [1.807, 2.05) is 0 Å². The SMILES string of the molecule is [O-][N+]1=CCNCC1. The average Bonchev–Trinajstić information content (AvgIpc) is 1.69. The molecule has 0 saturated heterocycles. The third-order valence-corrected chi connectivity index (χ3v) is 0.948. The highest BCUT2D eigenvalue weighted by Crippen LogP contribution is 1.71. The Hall–Kier alpha value is -0.570. The zero-order chi connectivity index (χ0) is 5.11. The third-order valence-electron chi connectivity index (χ3n) is 0.948. The van der Waals surface area contributed by atoms with Crippen LogP contribution in [0.2, 0.25) is 0 Å². The molecule has 0 spiro atoms. The molecule has 1 aliphatic rings. The monoisotopic (exact) mass is 100 g/mol. The second kappa shape index (κ2) is 1.93. The molecule has 1 heterocycles. The standard InChI is InChI=1S/C4H8N2O/c7-6-3-1-5-2-4-6/h3,5H,1-2,4H2. The van der Waals surface area contributed by atoms with Gasteiger partial charge in [-0.25, -0.2) is 4.74 Å². The van der Waals surface area contributed by atoms with Gasteiger partial charge >= 0.3 is 0 Å². The summed E-state index contributed by atoms with van der Waals surface area (Å²) in [6, 6.07) is 0. The lowest BCUT2D eigenvalue weighted by Gasteiger charge is -2.08. The first kappa shape index (κ1) is 4.59. The van der Waals surface area contributed by atoms with Crippen LogP contribution < -0.4 is 5.32 Å². The highest BCUT2D eigenvalue weighted by atomic mass is 16.5. The largest absolute Gasteiger partial charge is 0.624 e. The Labute approximate surface area is 42.2 Å². The molecule has 0 amide bonds. The number of hydrogen-bond donors (Lipinski definition) is 1. The molecule has 0 fully saturated rings. The molecule has 0 aromatic heterocycles. The van der Waals surface area contributed by atoms with Crippen LogP contribution in [0.25, 0.3) is 0 Å². The Balaban J connectivity index is 2.40. The highest BCUT2D eigenvalue weighted by Gasteiger charge is 1.97. The molecular weight excluding hydrogens is 92.1 g/mol. The Morgan fingerprint density at radius 1 is 1.71 bits per heavy atom. The predicted octanol–water partition coefficient (Wildman–Crippen LogP) is -0.829. The minimum atomic E-state index is 0.597. The van der Waals surface area contributed by atoms with Crippen molar-refractivity contribution in [2.45, 2.75) is 0 Å². The molecule has 40 valence electrons. The van der Waals surface area contributed by atoms with Crippen molar-refractivity contribution in [2.75, 3.05) is 19.6 Å². The fourth-order valence-electron chi connectivity index (χ4n) is 0.549. The van der Waals surface area contributed by atoms with Gasteiger partial charge in [-0.05, 0) is 0 Å². The van der Waals surface area contributed by atoms with Crippen molar-refractivity contribution in [3.63, 3.8) is 0 Å². The summed E-state index contributed by atoms with van der Waals surface area (Å²) >= 11 is 0. The van der Waals surface area contributed by atoms with Gasteiger partial charge in [-0.15, -0.1) is 0 Å². The van der Waals surface area contributed by atoms with E-state index in [0.29, 0.717) is 6.54 Å². The Morgan fingerprint density at radius 2 is 2.57 bits per heavy atom. The van der Waals surface area contributed by atoms with Gasteiger partial charge in [0.25, 0.3) is 0 Å². The number of rotatable bonds is 0. The smallest absolute Gasteiger partial charge is 0.165 e. The van der Waals surface area contributed by atoms with E-state index in [0.717, 1.165) is 17.8 Å². The Morgan fingerprint density at radius 3 is 2.86 bits per heavy atom. The van der Waals surface area contributed by atoms with Crippen molar-refractivity contribution >= 4 is 6.21 Å². The normalized spacial score (nSPS) is 21.4. The van der Waals surface area contributed by atoms with Crippen molar-refractivity contribution in [2.24, 2.45) is 0 Å². The molecule has 0 bridgehead atoms. The minimum absolute atomic E-state index is 0.597. The molecule has 3 nitrogen and oxygen atoms in total. The minimum Gasteiger partial charge on any atom is -0.624 e. The summed E-state index contributed by atoms with van der Waals surface area (Å²) in [4.78, 5) is 0. The number of hydrogen-bond acceptors (Lipinski definition) is 2. The summed E-state index contributed by atoms with van der Waals surface area (Å²) in [6.07, 6.45) is 1.60. The molecule has 3 heteroatoms.